The smallest absolute Gasteiger partial charge is 0.0384 e. The molecule has 2 aromatic rings. The maximum atomic E-state index is 3.41. The number of rotatable bonds is 3. The number of para-hydroxylation sites is 1. The average Bonchev–Trinajstić information content (AvgIpc) is 2.50. The lowest BCUT2D eigenvalue weighted by molar-refractivity contribution is 0.600. The Kier molecular flexibility index (Phi) is 3.42. The molecule has 0 aliphatic heterocycles. The van der Waals surface area contributed by atoms with Gasteiger partial charge in [0.05, 0.1) is 0 Å². The molecule has 2 aromatic carbocycles. The standard InChI is InChI=1S/C19H19N/c1-19(14-6-3-7-15-19)16-10-12-18(13-11-16)20-17-8-4-2-5-9-17/h2-14,20H,15H2,1H3. The van der Waals surface area contributed by atoms with Crippen molar-refractivity contribution in [2.24, 2.45) is 0 Å². The molecule has 0 spiro atoms. The lowest BCUT2D eigenvalue weighted by Crippen LogP contribution is -2.19. The highest BCUT2D eigenvalue weighted by molar-refractivity contribution is 5.60. The predicted molar refractivity (Wildman–Crippen MR) is 86.4 cm³/mol. The van der Waals surface area contributed by atoms with E-state index in [4.69, 9.17) is 0 Å². The van der Waals surface area contributed by atoms with Crippen LogP contribution >= 0.6 is 0 Å². The van der Waals surface area contributed by atoms with Crippen LogP contribution in [0.3, 0.4) is 0 Å². The minimum absolute atomic E-state index is 0.125. The zero-order chi connectivity index (χ0) is 13.8. The van der Waals surface area contributed by atoms with Crippen molar-refractivity contribution in [2.45, 2.75) is 18.8 Å². The Morgan fingerprint density at radius 2 is 1.55 bits per heavy atom. The molecule has 0 radical (unpaired) electrons. The molecule has 0 fully saturated rings. The Balaban J connectivity index is 1.78. The van der Waals surface area contributed by atoms with E-state index in [0.29, 0.717) is 0 Å². The first-order valence-electron chi connectivity index (χ1n) is 7.03. The SMILES string of the molecule is CC1(c2ccc(Nc3ccccc3)cc2)C=CC=CC1. The summed E-state index contributed by atoms with van der Waals surface area (Å²) in [5.41, 5.74) is 3.72. The summed E-state index contributed by atoms with van der Waals surface area (Å²) in [4.78, 5) is 0. The summed E-state index contributed by atoms with van der Waals surface area (Å²) in [7, 11) is 0. The predicted octanol–water partition coefficient (Wildman–Crippen LogP) is 5.20. The van der Waals surface area contributed by atoms with Crippen LogP contribution in [0.2, 0.25) is 0 Å². The van der Waals surface area contributed by atoms with Crippen molar-refractivity contribution >= 4 is 11.4 Å². The van der Waals surface area contributed by atoms with E-state index in [2.05, 4.69) is 72.9 Å². The first-order chi connectivity index (χ1) is 9.76. The molecular formula is C19H19N. The van der Waals surface area contributed by atoms with E-state index in [1.807, 2.05) is 18.2 Å². The van der Waals surface area contributed by atoms with E-state index >= 15 is 0 Å². The van der Waals surface area contributed by atoms with Crippen LogP contribution in [0.1, 0.15) is 18.9 Å². The van der Waals surface area contributed by atoms with Crippen molar-refractivity contribution in [1.82, 2.24) is 0 Å². The molecular weight excluding hydrogens is 242 g/mol. The van der Waals surface area contributed by atoms with Gasteiger partial charge in [-0.15, -0.1) is 0 Å². The first-order valence-corrected chi connectivity index (χ1v) is 7.03. The van der Waals surface area contributed by atoms with Crippen LogP contribution in [0, 0.1) is 0 Å². The summed E-state index contributed by atoms with van der Waals surface area (Å²) in [5.74, 6) is 0. The second-order valence-electron chi connectivity index (χ2n) is 5.48. The summed E-state index contributed by atoms with van der Waals surface area (Å²) in [6.07, 6.45) is 9.84. The zero-order valence-corrected chi connectivity index (χ0v) is 11.7. The topological polar surface area (TPSA) is 12.0 Å². The Morgan fingerprint density at radius 1 is 0.850 bits per heavy atom. The normalized spacial score (nSPS) is 20.9. The van der Waals surface area contributed by atoms with Gasteiger partial charge in [0.15, 0.2) is 0 Å². The molecule has 20 heavy (non-hydrogen) atoms. The van der Waals surface area contributed by atoms with Gasteiger partial charge < -0.3 is 5.32 Å². The van der Waals surface area contributed by atoms with Crippen LogP contribution in [-0.4, -0.2) is 0 Å². The van der Waals surface area contributed by atoms with Gasteiger partial charge in [0.25, 0.3) is 0 Å². The van der Waals surface area contributed by atoms with E-state index in [1.54, 1.807) is 0 Å². The fourth-order valence-electron chi connectivity index (χ4n) is 2.56. The number of benzene rings is 2. The molecule has 0 bridgehead atoms. The molecule has 1 N–H and O–H groups in total. The van der Waals surface area contributed by atoms with E-state index < -0.39 is 0 Å². The monoisotopic (exact) mass is 261 g/mol. The number of anilines is 2. The van der Waals surface area contributed by atoms with Gasteiger partial charge in [-0.2, -0.15) is 0 Å². The van der Waals surface area contributed by atoms with Gasteiger partial charge in [-0.1, -0.05) is 61.6 Å². The van der Waals surface area contributed by atoms with Crippen molar-refractivity contribution in [1.29, 1.82) is 0 Å². The quantitative estimate of drug-likeness (QED) is 0.800. The van der Waals surface area contributed by atoms with E-state index in [1.165, 1.54) is 5.56 Å². The Hall–Kier alpha value is -2.28. The molecule has 0 amide bonds. The highest BCUT2D eigenvalue weighted by Gasteiger charge is 2.22. The summed E-state index contributed by atoms with van der Waals surface area (Å²) in [6, 6.07) is 19.0. The number of hydrogen-bond donors (Lipinski definition) is 1. The van der Waals surface area contributed by atoms with Crippen molar-refractivity contribution < 1.29 is 0 Å². The fourth-order valence-corrected chi connectivity index (χ4v) is 2.56. The third-order valence-electron chi connectivity index (χ3n) is 3.86. The third-order valence-corrected chi connectivity index (χ3v) is 3.86. The molecule has 3 rings (SSSR count). The highest BCUT2D eigenvalue weighted by atomic mass is 14.9. The molecule has 1 heteroatoms. The summed E-state index contributed by atoms with van der Waals surface area (Å²) < 4.78 is 0. The highest BCUT2D eigenvalue weighted by Crippen LogP contribution is 2.32. The fraction of sp³-hybridized carbons (Fsp3) is 0.158. The van der Waals surface area contributed by atoms with Crippen LogP contribution in [0.5, 0.6) is 0 Å². The lowest BCUT2D eigenvalue weighted by Gasteiger charge is -2.27. The Bertz CT molecular complexity index is 623. The van der Waals surface area contributed by atoms with Crippen LogP contribution in [-0.2, 0) is 5.41 Å². The van der Waals surface area contributed by atoms with Gasteiger partial charge >= 0.3 is 0 Å². The first kappa shape index (κ1) is 12.7. The molecule has 1 aliphatic carbocycles. The van der Waals surface area contributed by atoms with Gasteiger partial charge in [-0.05, 0) is 36.2 Å². The van der Waals surface area contributed by atoms with Crippen LogP contribution in [0.4, 0.5) is 11.4 Å². The van der Waals surface area contributed by atoms with Crippen molar-refractivity contribution in [3.63, 3.8) is 0 Å². The van der Waals surface area contributed by atoms with Crippen molar-refractivity contribution in [3.8, 4) is 0 Å². The van der Waals surface area contributed by atoms with Gasteiger partial charge in [-0.3, -0.25) is 0 Å². The molecule has 0 saturated heterocycles. The minimum Gasteiger partial charge on any atom is -0.356 e. The summed E-state index contributed by atoms with van der Waals surface area (Å²) in [6.45, 7) is 2.28. The molecule has 1 atom stereocenters. The van der Waals surface area contributed by atoms with Crippen LogP contribution < -0.4 is 5.32 Å². The van der Waals surface area contributed by atoms with Crippen molar-refractivity contribution in [2.75, 3.05) is 5.32 Å². The van der Waals surface area contributed by atoms with E-state index in [0.717, 1.165) is 17.8 Å². The second kappa shape index (κ2) is 5.38. The number of nitrogens with one attached hydrogen (secondary N) is 1. The molecule has 0 heterocycles. The van der Waals surface area contributed by atoms with E-state index in [9.17, 15) is 0 Å². The maximum Gasteiger partial charge on any atom is 0.0384 e. The van der Waals surface area contributed by atoms with Gasteiger partial charge in [0, 0.05) is 16.8 Å². The Labute approximate surface area is 120 Å². The molecule has 0 aromatic heterocycles. The second-order valence-corrected chi connectivity index (χ2v) is 5.48. The Morgan fingerprint density at radius 3 is 2.20 bits per heavy atom. The van der Waals surface area contributed by atoms with Crippen LogP contribution in [0.25, 0.3) is 0 Å². The molecule has 0 saturated carbocycles. The average molecular weight is 261 g/mol. The number of allylic oxidation sites excluding steroid dienone is 4. The van der Waals surface area contributed by atoms with E-state index in [-0.39, 0.29) is 5.41 Å². The largest absolute Gasteiger partial charge is 0.356 e. The van der Waals surface area contributed by atoms with Gasteiger partial charge in [-0.25, -0.2) is 0 Å². The van der Waals surface area contributed by atoms with Crippen molar-refractivity contribution in [3.05, 3.63) is 84.5 Å². The minimum atomic E-state index is 0.125. The van der Waals surface area contributed by atoms with Gasteiger partial charge in [0.1, 0.15) is 0 Å². The lowest BCUT2D eigenvalue weighted by atomic mass is 9.77. The summed E-state index contributed by atoms with van der Waals surface area (Å²) in [5, 5.41) is 3.41. The molecule has 1 aliphatic rings. The van der Waals surface area contributed by atoms with Gasteiger partial charge in [0.2, 0.25) is 0 Å². The molecule has 100 valence electrons. The maximum absolute atomic E-state index is 3.41. The summed E-state index contributed by atoms with van der Waals surface area (Å²) >= 11 is 0. The molecule has 1 unspecified atom stereocenters. The molecule has 1 nitrogen and oxygen atoms in total. The third kappa shape index (κ3) is 2.67. The van der Waals surface area contributed by atoms with Crippen LogP contribution in [0.15, 0.2) is 78.9 Å². The number of hydrogen-bond acceptors (Lipinski definition) is 1. The zero-order valence-electron chi connectivity index (χ0n) is 11.7.